The highest BCUT2D eigenvalue weighted by Gasteiger charge is 2.23. The monoisotopic (exact) mass is 454 g/mol. The summed E-state index contributed by atoms with van der Waals surface area (Å²) in [7, 11) is -3.15. The average molecular weight is 455 g/mol. The standard InChI is InChI=1S/C17H22N4O5S.2C2H6/c1-13(22)18-12-20-11-16(17(23)26-20)14-3-5-15(6-4-14)19-7-9-21(10-8-19)27(2,24)25;2*1-2/h3-6,11H,7-10,12H2,1-2H3,(H,18,22);2*1-2H3. The first-order chi connectivity index (χ1) is 14.7. The first-order valence-electron chi connectivity index (χ1n) is 10.5. The second-order valence-corrected chi connectivity index (χ2v) is 8.41. The summed E-state index contributed by atoms with van der Waals surface area (Å²) in [6, 6.07) is 7.45. The molecule has 31 heavy (non-hydrogen) atoms. The number of aromatic nitrogens is 1. The molecule has 10 heteroatoms. The summed E-state index contributed by atoms with van der Waals surface area (Å²) < 4.78 is 31.0. The summed E-state index contributed by atoms with van der Waals surface area (Å²) in [4.78, 5) is 25.1. The third kappa shape index (κ3) is 7.55. The van der Waals surface area contributed by atoms with Crippen molar-refractivity contribution in [3.05, 3.63) is 40.9 Å². The van der Waals surface area contributed by atoms with E-state index in [9.17, 15) is 18.0 Å². The average Bonchev–Trinajstić information content (AvgIpc) is 3.15. The fraction of sp³-hybridized carbons (Fsp3) is 0.524. The number of carbonyl (C=O) groups excluding carboxylic acids is 1. The van der Waals surface area contributed by atoms with Crippen molar-refractivity contribution < 1.29 is 17.7 Å². The number of amides is 1. The molecular formula is C21H34N4O5S. The maximum atomic E-state index is 12.0. The maximum absolute atomic E-state index is 12.0. The predicted octanol–water partition coefficient (Wildman–Crippen LogP) is 2.34. The van der Waals surface area contributed by atoms with Gasteiger partial charge in [0.05, 0.1) is 18.0 Å². The Bertz CT molecular complexity index is 972. The molecule has 9 nitrogen and oxygen atoms in total. The zero-order chi connectivity index (χ0) is 23.6. The van der Waals surface area contributed by atoms with E-state index in [1.54, 1.807) is 6.20 Å². The molecule has 1 aliphatic rings. The fourth-order valence-corrected chi connectivity index (χ4v) is 3.79. The number of benzene rings is 1. The molecule has 0 unspecified atom stereocenters. The summed E-state index contributed by atoms with van der Waals surface area (Å²) in [6.07, 6.45) is 2.78. The van der Waals surface area contributed by atoms with E-state index in [1.165, 1.54) is 22.2 Å². The summed E-state index contributed by atoms with van der Waals surface area (Å²) in [5, 5.41) is 2.56. The van der Waals surface area contributed by atoms with Gasteiger partial charge in [-0.05, 0) is 17.7 Å². The van der Waals surface area contributed by atoms with Crippen molar-refractivity contribution in [1.82, 2.24) is 14.4 Å². The number of nitrogens with zero attached hydrogens (tertiary/aromatic N) is 3. The van der Waals surface area contributed by atoms with Gasteiger partial charge in [-0.2, -0.15) is 9.05 Å². The number of nitrogens with one attached hydrogen (secondary N) is 1. The van der Waals surface area contributed by atoms with Crippen LogP contribution < -0.4 is 15.8 Å². The minimum absolute atomic E-state index is 0.0905. The van der Waals surface area contributed by atoms with Gasteiger partial charge >= 0.3 is 5.63 Å². The lowest BCUT2D eigenvalue weighted by atomic mass is 10.1. The zero-order valence-corrected chi connectivity index (χ0v) is 20.0. The van der Waals surface area contributed by atoms with Crippen LogP contribution in [0.1, 0.15) is 34.6 Å². The van der Waals surface area contributed by atoms with Crippen LogP contribution in [0.2, 0.25) is 0 Å². The number of hydrogen-bond donors (Lipinski definition) is 1. The maximum Gasteiger partial charge on any atom is 0.365 e. The normalized spacial score (nSPS) is 14.1. The smallest absolute Gasteiger partial charge is 0.365 e. The Morgan fingerprint density at radius 2 is 1.58 bits per heavy atom. The van der Waals surface area contributed by atoms with Crippen molar-refractivity contribution in [2.24, 2.45) is 0 Å². The van der Waals surface area contributed by atoms with Crippen LogP contribution in [0.3, 0.4) is 0 Å². The summed E-state index contributed by atoms with van der Waals surface area (Å²) in [6.45, 7) is 11.6. The number of piperazine rings is 1. The second-order valence-electron chi connectivity index (χ2n) is 6.43. The van der Waals surface area contributed by atoms with Crippen LogP contribution in [0, 0.1) is 0 Å². The summed E-state index contributed by atoms with van der Waals surface area (Å²) in [5.74, 6) is -0.215. The van der Waals surface area contributed by atoms with Crippen LogP contribution in [0.25, 0.3) is 11.1 Å². The molecule has 0 saturated carbocycles. The minimum atomic E-state index is -3.15. The summed E-state index contributed by atoms with van der Waals surface area (Å²) >= 11 is 0. The van der Waals surface area contributed by atoms with Gasteiger partial charge in [-0.1, -0.05) is 39.8 Å². The van der Waals surface area contributed by atoms with E-state index in [0.29, 0.717) is 37.3 Å². The first-order valence-corrected chi connectivity index (χ1v) is 12.3. The highest BCUT2D eigenvalue weighted by Crippen LogP contribution is 2.22. The molecule has 174 valence electrons. The SMILES string of the molecule is CC.CC.CC(=O)NCn1cc(-c2ccc(N3CCN(S(C)(=O)=O)CC3)cc2)c(=O)o1. The molecule has 1 aliphatic heterocycles. The van der Waals surface area contributed by atoms with Crippen LogP contribution >= 0.6 is 0 Å². The topological polar surface area (TPSA) is 105 Å². The molecule has 1 fully saturated rings. The van der Waals surface area contributed by atoms with E-state index in [0.717, 1.165) is 5.69 Å². The molecule has 0 spiro atoms. The number of rotatable bonds is 5. The highest BCUT2D eigenvalue weighted by atomic mass is 32.2. The third-order valence-corrected chi connectivity index (χ3v) is 5.73. The molecule has 1 aromatic heterocycles. The Morgan fingerprint density at radius 3 is 2.06 bits per heavy atom. The van der Waals surface area contributed by atoms with Crippen LogP contribution in [0.15, 0.2) is 39.8 Å². The van der Waals surface area contributed by atoms with Gasteiger partial charge in [0.15, 0.2) is 0 Å². The Kier molecular flexibility index (Phi) is 10.5. The van der Waals surface area contributed by atoms with Gasteiger partial charge in [-0.15, -0.1) is 0 Å². The molecule has 2 aromatic rings. The van der Waals surface area contributed by atoms with Crippen molar-refractivity contribution in [3.8, 4) is 11.1 Å². The Balaban J connectivity index is 0.00000113. The van der Waals surface area contributed by atoms with Gasteiger partial charge in [-0.25, -0.2) is 13.2 Å². The van der Waals surface area contributed by atoms with E-state index < -0.39 is 15.6 Å². The van der Waals surface area contributed by atoms with Gasteiger partial charge in [0, 0.05) is 38.8 Å². The van der Waals surface area contributed by atoms with Crippen LogP contribution in [0.4, 0.5) is 5.69 Å². The van der Waals surface area contributed by atoms with Gasteiger partial charge in [0.2, 0.25) is 15.9 Å². The van der Waals surface area contributed by atoms with E-state index in [1.807, 2.05) is 52.0 Å². The molecular weight excluding hydrogens is 420 g/mol. The van der Waals surface area contributed by atoms with Crippen LogP contribution in [0.5, 0.6) is 0 Å². The lowest BCUT2D eigenvalue weighted by Gasteiger charge is -2.34. The van der Waals surface area contributed by atoms with Crippen LogP contribution in [-0.2, 0) is 21.5 Å². The molecule has 1 saturated heterocycles. The van der Waals surface area contributed by atoms with E-state index in [-0.39, 0.29) is 12.6 Å². The quantitative estimate of drug-likeness (QED) is 0.744. The molecule has 1 aromatic carbocycles. The second kappa shape index (κ2) is 12.3. The fourth-order valence-electron chi connectivity index (χ4n) is 2.97. The van der Waals surface area contributed by atoms with Gasteiger partial charge in [0.1, 0.15) is 6.67 Å². The number of carbonyl (C=O) groups is 1. The first kappa shape index (κ1) is 26.4. The Morgan fingerprint density at radius 1 is 1.03 bits per heavy atom. The van der Waals surface area contributed by atoms with Crippen molar-refractivity contribution >= 4 is 21.6 Å². The van der Waals surface area contributed by atoms with Crippen molar-refractivity contribution in [2.45, 2.75) is 41.3 Å². The number of anilines is 1. The number of hydrogen-bond acceptors (Lipinski definition) is 6. The Hall–Kier alpha value is -2.59. The minimum Gasteiger partial charge on any atom is -0.369 e. The van der Waals surface area contributed by atoms with Gasteiger partial charge < -0.3 is 14.7 Å². The van der Waals surface area contributed by atoms with Gasteiger partial charge in [-0.3, -0.25) is 4.79 Å². The van der Waals surface area contributed by atoms with Crippen molar-refractivity contribution in [3.63, 3.8) is 0 Å². The van der Waals surface area contributed by atoms with Gasteiger partial charge in [0.25, 0.3) is 0 Å². The lowest BCUT2D eigenvalue weighted by molar-refractivity contribution is -0.119. The molecule has 1 N–H and O–H groups in total. The summed E-state index contributed by atoms with van der Waals surface area (Å²) in [5.41, 5.74) is 1.61. The van der Waals surface area contributed by atoms with E-state index >= 15 is 0 Å². The third-order valence-electron chi connectivity index (χ3n) is 4.43. The molecule has 2 heterocycles. The molecule has 0 bridgehead atoms. The van der Waals surface area contributed by atoms with E-state index in [4.69, 9.17) is 4.52 Å². The Labute approximate surface area is 184 Å². The van der Waals surface area contributed by atoms with Crippen molar-refractivity contribution in [1.29, 1.82) is 0 Å². The molecule has 3 rings (SSSR count). The largest absolute Gasteiger partial charge is 0.369 e. The predicted molar refractivity (Wildman–Crippen MR) is 124 cm³/mol. The van der Waals surface area contributed by atoms with E-state index in [2.05, 4.69) is 10.2 Å². The molecule has 0 aliphatic carbocycles. The van der Waals surface area contributed by atoms with Crippen LogP contribution in [-0.4, -0.2) is 55.8 Å². The molecule has 1 amide bonds. The number of sulfonamides is 1. The molecule has 0 atom stereocenters. The van der Waals surface area contributed by atoms with Crippen molar-refractivity contribution in [2.75, 3.05) is 37.3 Å². The lowest BCUT2D eigenvalue weighted by Crippen LogP contribution is -2.48. The zero-order valence-electron chi connectivity index (χ0n) is 19.2. The highest BCUT2D eigenvalue weighted by molar-refractivity contribution is 7.88. The molecule has 0 radical (unpaired) electrons.